The van der Waals surface area contributed by atoms with Gasteiger partial charge in [0.25, 0.3) is 5.91 Å². The van der Waals surface area contributed by atoms with Gasteiger partial charge in [-0.2, -0.15) is 0 Å². The number of anilines is 2. The molecule has 5 nitrogen and oxygen atoms in total. The number of hydrogen-bond acceptors (Lipinski definition) is 5. The number of hydrogen-bond donors (Lipinski definition) is 2. The zero-order valence-corrected chi connectivity index (χ0v) is 11.8. The standard InChI is InChI=1S/C10H7Cl2FN4OS/c1-14-10-17-16-9(19-10)8(18)15-7-5(11)2-4(13)3-6(7)12/h2-3H,1H3,(H,14,17)(H,15,18). The summed E-state index contributed by atoms with van der Waals surface area (Å²) in [6.07, 6.45) is 0. The number of carbonyl (C=O) groups is 1. The molecule has 100 valence electrons. The van der Waals surface area contributed by atoms with E-state index >= 15 is 0 Å². The summed E-state index contributed by atoms with van der Waals surface area (Å²) in [6.45, 7) is 0. The third-order valence-corrected chi connectivity index (χ3v) is 3.61. The van der Waals surface area contributed by atoms with Crippen LogP contribution in [-0.2, 0) is 0 Å². The van der Waals surface area contributed by atoms with Crippen LogP contribution in [0.25, 0.3) is 0 Å². The van der Waals surface area contributed by atoms with Gasteiger partial charge in [0, 0.05) is 7.05 Å². The Bertz CT molecular complexity index is 611. The van der Waals surface area contributed by atoms with Crippen molar-refractivity contribution in [3.8, 4) is 0 Å². The van der Waals surface area contributed by atoms with Gasteiger partial charge in [0.1, 0.15) is 5.82 Å². The van der Waals surface area contributed by atoms with E-state index in [1.165, 1.54) is 0 Å². The van der Waals surface area contributed by atoms with Gasteiger partial charge in [-0.25, -0.2) is 4.39 Å². The smallest absolute Gasteiger partial charge is 0.286 e. The molecule has 0 fully saturated rings. The predicted octanol–water partition coefficient (Wildman–Crippen LogP) is 3.28. The minimum atomic E-state index is -0.582. The van der Waals surface area contributed by atoms with Gasteiger partial charge in [-0.1, -0.05) is 34.5 Å². The highest BCUT2D eigenvalue weighted by molar-refractivity contribution is 7.17. The molecule has 2 N–H and O–H groups in total. The molecule has 0 radical (unpaired) electrons. The molecule has 0 spiro atoms. The number of amides is 1. The Labute approximate surface area is 121 Å². The van der Waals surface area contributed by atoms with Gasteiger partial charge in [-0.3, -0.25) is 4.79 Å². The van der Waals surface area contributed by atoms with Gasteiger partial charge < -0.3 is 10.6 Å². The van der Waals surface area contributed by atoms with E-state index in [2.05, 4.69) is 20.8 Å². The van der Waals surface area contributed by atoms with Crippen LogP contribution in [0.1, 0.15) is 9.80 Å². The van der Waals surface area contributed by atoms with E-state index < -0.39 is 11.7 Å². The molecule has 0 bridgehead atoms. The first kappa shape index (κ1) is 14.0. The molecule has 19 heavy (non-hydrogen) atoms. The average Bonchev–Trinajstić information content (AvgIpc) is 2.82. The monoisotopic (exact) mass is 320 g/mol. The average molecular weight is 321 g/mol. The number of benzene rings is 1. The molecule has 0 atom stereocenters. The molecule has 1 amide bonds. The maximum atomic E-state index is 13.0. The molecule has 0 saturated carbocycles. The van der Waals surface area contributed by atoms with Crippen LogP contribution in [0.5, 0.6) is 0 Å². The highest BCUT2D eigenvalue weighted by Gasteiger charge is 2.16. The van der Waals surface area contributed by atoms with Gasteiger partial charge >= 0.3 is 0 Å². The number of rotatable bonds is 3. The first-order valence-electron chi connectivity index (χ1n) is 4.98. The molecule has 0 aliphatic heterocycles. The van der Waals surface area contributed by atoms with Crippen molar-refractivity contribution in [2.75, 3.05) is 17.7 Å². The van der Waals surface area contributed by atoms with E-state index in [0.29, 0.717) is 5.13 Å². The normalized spacial score (nSPS) is 10.3. The van der Waals surface area contributed by atoms with Gasteiger partial charge in [0.05, 0.1) is 15.7 Å². The number of halogens is 3. The SMILES string of the molecule is CNc1nnc(C(=O)Nc2c(Cl)cc(F)cc2Cl)s1. The molecule has 9 heteroatoms. The molecule has 2 aromatic rings. The minimum Gasteiger partial charge on any atom is -0.363 e. The summed E-state index contributed by atoms with van der Waals surface area (Å²) in [5.74, 6) is -1.10. The first-order valence-corrected chi connectivity index (χ1v) is 6.55. The van der Waals surface area contributed by atoms with E-state index in [-0.39, 0.29) is 20.7 Å². The largest absolute Gasteiger partial charge is 0.363 e. The Hall–Kier alpha value is -1.44. The third kappa shape index (κ3) is 3.12. The fourth-order valence-corrected chi connectivity index (χ4v) is 2.39. The van der Waals surface area contributed by atoms with Crippen LogP contribution < -0.4 is 10.6 Å². The second kappa shape index (κ2) is 5.68. The zero-order chi connectivity index (χ0) is 14.0. The van der Waals surface area contributed by atoms with Crippen molar-refractivity contribution in [3.05, 3.63) is 33.0 Å². The number of carbonyl (C=O) groups excluding carboxylic acids is 1. The molecule has 1 heterocycles. The van der Waals surface area contributed by atoms with Crippen molar-refractivity contribution < 1.29 is 9.18 Å². The Kier molecular flexibility index (Phi) is 4.18. The van der Waals surface area contributed by atoms with Crippen LogP contribution >= 0.6 is 34.5 Å². The summed E-state index contributed by atoms with van der Waals surface area (Å²) in [6, 6.07) is 2.12. The molecule has 0 saturated heterocycles. The summed E-state index contributed by atoms with van der Waals surface area (Å²) >= 11 is 12.7. The van der Waals surface area contributed by atoms with Crippen molar-refractivity contribution in [3.63, 3.8) is 0 Å². The molecule has 1 aromatic heterocycles. The molecular weight excluding hydrogens is 314 g/mol. The fraction of sp³-hybridized carbons (Fsp3) is 0.100. The first-order chi connectivity index (χ1) is 9.01. The lowest BCUT2D eigenvalue weighted by Crippen LogP contribution is -2.12. The number of nitrogens with one attached hydrogen (secondary N) is 2. The molecule has 0 aliphatic rings. The van der Waals surface area contributed by atoms with Gasteiger partial charge in [0.2, 0.25) is 10.1 Å². The summed E-state index contributed by atoms with van der Waals surface area (Å²) in [4.78, 5) is 11.9. The van der Waals surface area contributed by atoms with E-state index in [9.17, 15) is 9.18 Å². The molecular formula is C10H7Cl2FN4OS. The summed E-state index contributed by atoms with van der Waals surface area (Å²) in [7, 11) is 1.66. The van der Waals surface area contributed by atoms with Gasteiger partial charge in [-0.05, 0) is 12.1 Å². The number of aromatic nitrogens is 2. The van der Waals surface area contributed by atoms with E-state index in [0.717, 1.165) is 23.5 Å². The summed E-state index contributed by atoms with van der Waals surface area (Å²) in [5, 5.41) is 13.3. The van der Waals surface area contributed by atoms with Crippen LogP contribution in [0.3, 0.4) is 0 Å². The Balaban J connectivity index is 2.24. The zero-order valence-electron chi connectivity index (χ0n) is 9.50. The topological polar surface area (TPSA) is 66.9 Å². The second-order valence-electron chi connectivity index (χ2n) is 3.36. The third-order valence-electron chi connectivity index (χ3n) is 2.08. The van der Waals surface area contributed by atoms with E-state index in [1.807, 2.05) is 0 Å². The van der Waals surface area contributed by atoms with Crippen molar-refractivity contribution in [1.82, 2.24) is 10.2 Å². The summed E-state index contributed by atoms with van der Waals surface area (Å²) in [5.41, 5.74) is 0.135. The van der Waals surface area contributed by atoms with Crippen LogP contribution in [-0.4, -0.2) is 23.2 Å². The van der Waals surface area contributed by atoms with E-state index in [4.69, 9.17) is 23.2 Å². The van der Waals surface area contributed by atoms with Crippen LogP contribution in [0.15, 0.2) is 12.1 Å². The molecule has 2 rings (SSSR count). The molecule has 1 aromatic carbocycles. The maximum Gasteiger partial charge on any atom is 0.286 e. The Morgan fingerprint density at radius 1 is 1.32 bits per heavy atom. The van der Waals surface area contributed by atoms with Crippen LogP contribution in [0.4, 0.5) is 15.2 Å². The fourth-order valence-electron chi connectivity index (χ4n) is 1.24. The number of nitrogens with zero attached hydrogens (tertiary/aromatic N) is 2. The molecule has 0 unspecified atom stereocenters. The maximum absolute atomic E-state index is 13.0. The van der Waals surface area contributed by atoms with Crippen molar-refractivity contribution >= 4 is 51.3 Å². The Morgan fingerprint density at radius 3 is 2.47 bits per heavy atom. The van der Waals surface area contributed by atoms with Crippen LogP contribution in [0.2, 0.25) is 10.0 Å². The van der Waals surface area contributed by atoms with E-state index in [1.54, 1.807) is 7.05 Å². The van der Waals surface area contributed by atoms with Crippen molar-refractivity contribution in [2.24, 2.45) is 0 Å². The van der Waals surface area contributed by atoms with Gasteiger partial charge in [-0.15, -0.1) is 10.2 Å². The lowest BCUT2D eigenvalue weighted by atomic mass is 10.3. The predicted molar refractivity (Wildman–Crippen MR) is 73.8 cm³/mol. The molecule has 0 aliphatic carbocycles. The van der Waals surface area contributed by atoms with Gasteiger partial charge in [0.15, 0.2) is 0 Å². The van der Waals surface area contributed by atoms with Crippen LogP contribution in [0, 0.1) is 5.82 Å². The van der Waals surface area contributed by atoms with Crippen molar-refractivity contribution in [2.45, 2.75) is 0 Å². The van der Waals surface area contributed by atoms with Crippen molar-refractivity contribution in [1.29, 1.82) is 0 Å². The lowest BCUT2D eigenvalue weighted by Gasteiger charge is -2.07. The quantitative estimate of drug-likeness (QED) is 0.910. The second-order valence-corrected chi connectivity index (χ2v) is 5.15. The highest BCUT2D eigenvalue weighted by Crippen LogP contribution is 2.32. The minimum absolute atomic E-state index is 0.0108. The lowest BCUT2D eigenvalue weighted by molar-refractivity contribution is 0.102. The Morgan fingerprint density at radius 2 is 1.95 bits per heavy atom. The summed E-state index contributed by atoms with van der Waals surface area (Å²) < 4.78 is 13.0. The highest BCUT2D eigenvalue weighted by atomic mass is 35.5.